The number of likely N-dealkylation sites (tertiary alicyclic amines) is 2. The summed E-state index contributed by atoms with van der Waals surface area (Å²) in [7, 11) is 0. The second-order valence-corrected chi connectivity index (χ2v) is 18.6. The number of halogens is 1. The molecule has 8 heteroatoms. The lowest BCUT2D eigenvalue weighted by Crippen LogP contribution is -2.64. The fourth-order valence-electron chi connectivity index (χ4n) is 9.44. The van der Waals surface area contributed by atoms with Crippen LogP contribution in [0.5, 0.6) is 0 Å². The van der Waals surface area contributed by atoms with E-state index >= 15 is 0 Å². The van der Waals surface area contributed by atoms with E-state index in [1.165, 1.54) is 147 Å². The zero-order chi connectivity index (χ0) is 43.6. The predicted molar refractivity (Wildman–Crippen MR) is 253 cm³/mol. The number of amides is 2. The van der Waals surface area contributed by atoms with E-state index < -0.39 is 5.54 Å². The van der Waals surface area contributed by atoms with Crippen LogP contribution in [-0.4, -0.2) is 65.8 Å². The molecule has 0 unspecified atom stereocenters. The Labute approximate surface area is 373 Å². The summed E-state index contributed by atoms with van der Waals surface area (Å²) in [5, 5.41) is 2.86. The maximum absolute atomic E-state index is 14.0. The molecule has 2 aliphatic heterocycles. The van der Waals surface area contributed by atoms with E-state index in [1.807, 2.05) is 6.08 Å². The molecule has 2 heterocycles. The van der Waals surface area contributed by atoms with E-state index in [2.05, 4.69) is 29.0 Å². The van der Waals surface area contributed by atoms with E-state index in [4.69, 9.17) is 4.74 Å². The van der Waals surface area contributed by atoms with E-state index in [0.717, 1.165) is 84.1 Å². The number of imide groups is 1. The first-order valence-electron chi connectivity index (χ1n) is 25.9. The van der Waals surface area contributed by atoms with E-state index in [0.29, 0.717) is 43.4 Å². The van der Waals surface area contributed by atoms with Crippen molar-refractivity contribution >= 4 is 23.5 Å². The molecular weight excluding hydrogens is 762 g/mol. The van der Waals surface area contributed by atoms with Crippen molar-refractivity contribution in [1.29, 1.82) is 0 Å². The highest BCUT2D eigenvalue weighted by molar-refractivity contribution is 6.00. The fraction of sp³-hybridized carbons (Fsp3) is 0.792. The SMILES string of the molecule is CCCCCCCCCCCCCCCC(=O)NC(=O)C1(N2CCCCC2)CCN(CC/C=C(\OC(=O)CCCCCCCCCCCCCCC)c2ccc(F)cc2)CC1. The van der Waals surface area contributed by atoms with Crippen LogP contribution in [0.2, 0.25) is 0 Å². The van der Waals surface area contributed by atoms with Gasteiger partial charge in [-0.1, -0.05) is 174 Å². The van der Waals surface area contributed by atoms with Gasteiger partial charge in [0.2, 0.25) is 11.8 Å². The number of unbranched alkanes of at least 4 members (excludes halogenated alkanes) is 24. The van der Waals surface area contributed by atoms with Gasteiger partial charge < -0.3 is 9.64 Å². The topological polar surface area (TPSA) is 79.0 Å². The Bertz CT molecular complexity index is 1320. The monoisotopic (exact) mass is 852 g/mol. The van der Waals surface area contributed by atoms with Crippen LogP contribution in [0.3, 0.4) is 0 Å². The second-order valence-electron chi connectivity index (χ2n) is 18.6. The highest BCUT2D eigenvalue weighted by atomic mass is 19.1. The molecule has 0 spiro atoms. The number of hydrogen-bond donors (Lipinski definition) is 1. The van der Waals surface area contributed by atoms with Gasteiger partial charge in [-0.25, -0.2) is 4.39 Å². The number of carbonyl (C=O) groups is 3. The minimum atomic E-state index is -0.652. The first-order chi connectivity index (χ1) is 29.9. The largest absolute Gasteiger partial charge is 0.426 e. The standard InChI is InChI=1S/C53H90FN3O4/c1-3-5-7-9-11-13-15-17-19-21-23-25-28-34-50(58)55-52(60)53(57-43-30-27-31-44-57)40-45-56(46-41-53)42-32-33-49(47-36-38-48(54)39-37-47)61-51(59)35-29-26-24-22-20-18-16-14-12-10-8-6-4-2/h33,36-39H,3-32,34-35,40-46H2,1-2H3,(H,55,58,60)/b49-33-. The van der Waals surface area contributed by atoms with Gasteiger partial charge in [-0.15, -0.1) is 0 Å². The smallest absolute Gasteiger partial charge is 0.311 e. The van der Waals surface area contributed by atoms with Crippen LogP contribution in [0, 0.1) is 5.82 Å². The van der Waals surface area contributed by atoms with Crippen molar-refractivity contribution in [1.82, 2.24) is 15.1 Å². The molecule has 1 aromatic rings. The molecule has 0 atom stereocenters. The van der Waals surface area contributed by atoms with E-state index in [-0.39, 0.29) is 23.6 Å². The summed E-state index contributed by atoms with van der Waals surface area (Å²) in [4.78, 5) is 44.8. The molecular formula is C53H90FN3O4. The maximum Gasteiger partial charge on any atom is 0.311 e. The molecule has 0 aromatic heterocycles. The van der Waals surface area contributed by atoms with Gasteiger partial charge in [-0.2, -0.15) is 0 Å². The summed E-state index contributed by atoms with van der Waals surface area (Å²) in [6.45, 7) is 8.61. The predicted octanol–water partition coefficient (Wildman–Crippen LogP) is 14.0. The van der Waals surface area contributed by atoms with Crippen molar-refractivity contribution in [3.05, 3.63) is 41.7 Å². The van der Waals surface area contributed by atoms with Crippen LogP contribution in [0.15, 0.2) is 30.3 Å². The van der Waals surface area contributed by atoms with Crippen molar-refractivity contribution in [2.45, 2.75) is 238 Å². The molecule has 2 fully saturated rings. The average Bonchev–Trinajstić information content (AvgIpc) is 3.27. The van der Waals surface area contributed by atoms with Gasteiger partial charge in [0.25, 0.3) is 0 Å². The minimum Gasteiger partial charge on any atom is -0.426 e. The third-order valence-corrected chi connectivity index (χ3v) is 13.4. The van der Waals surface area contributed by atoms with Crippen LogP contribution < -0.4 is 5.32 Å². The van der Waals surface area contributed by atoms with Crippen LogP contribution in [0.4, 0.5) is 4.39 Å². The lowest BCUT2D eigenvalue weighted by atomic mass is 9.83. The Hall–Kier alpha value is -2.58. The van der Waals surface area contributed by atoms with Gasteiger partial charge in [0, 0.05) is 38.0 Å². The summed E-state index contributed by atoms with van der Waals surface area (Å²) in [5.74, 6) is -0.313. The number of piperidine rings is 2. The summed E-state index contributed by atoms with van der Waals surface area (Å²) < 4.78 is 19.7. The number of hydrogen-bond acceptors (Lipinski definition) is 6. The molecule has 2 saturated heterocycles. The lowest BCUT2D eigenvalue weighted by molar-refractivity contribution is -0.143. The highest BCUT2D eigenvalue weighted by Gasteiger charge is 2.46. The highest BCUT2D eigenvalue weighted by Crippen LogP contribution is 2.33. The second kappa shape index (κ2) is 33.9. The number of esters is 1. The Morgan fingerprint density at radius 3 is 1.52 bits per heavy atom. The van der Waals surface area contributed by atoms with Crippen LogP contribution >= 0.6 is 0 Å². The van der Waals surface area contributed by atoms with Crippen LogP contribution in [0.1, 0.15) is 238 Å². The number of carbonyl (C=O) groups excluding carboxylic acids is 3. The maximum atomic E-state index is 14.0. The van der Waals surface area contributed by atoms with Crippen molar-refractivity contribution < 1.29 is 23.5 Å². The third kappa shape index (κ3) is 23.1. The number of nitrogens with one attached hydrogen (secondary N) is 1. The van der Waals surface area contributed by atoms with Gasteiger partial charge >= 0.3 is 5.97 Å². The molecule has 348 valence electrons. The van der Waals surface area contributed by atoms with Crippen molar-refractivity contribution in [2.75, 3.05) is 32.7 Å². The molecule has 0 bridgehead atoms. The van der Waals surface area contributed by atoms with Gasteiger partial charge in [-0.05, 0) is 88.4 Å². The molecule has 0 aliphatic carbocycles. The molecule has 0 radical (unpaired) electrons. The normalized spacial score (nSPS) is 16.1. The molecule has 2 amide bonds. The van der Waals surface area contributed by atoms with Gasteiger partial charge in [-0.3, -0.25) is 24.6 Å². The number of rotatable bonds is 35. The van der Waals surface area contributed by atoms with Crippen molar-refractivity contribution in [3.63, 3.8) is 0 Å². The summed E-state index contributed by atoms with van der Waals surface area (Å²) in [5.41, 5.74) is 0.0452. The Kier molecular flexibility index (Phi) is 29.3. The zero-order valence-corrected chi connectivity index (χ0v) is 39.4. The first kappa shape index (κ1) is 52.8. The Morgan fingerprint density at radius 2 is 1.05 bits per heavy atom. The third-order valence-electron chi connectivity index (χ3n) is 13.4. The Balaban J connectivity index is 1.39. The molecule has 3 rings (SSSR count). The van der Waals surface area contributed by atoms with Gasteiger partial charge in [0.05, 0.1) is 0 Å². The van der Waals surface area contributed by atoms with Crippen LogP contribution in [-0.2, 0) is 19.1 Å². The molecule has 1 N–H and O–H groups in total. The molecule has 0 saturated carbocycles. The fourth-order valence-corrected chi connectivity index (χ4v) is 9.44. The van der Waals surface area contributed by atoms with Gasteiger partial charge in [0.15, 0.2) is 0 Å². The average molecular weight is 852 g/mol. The minimum absolute atomic E-state index is 0.109. The zero-order valence-electron chi connectivity index (χ0n) is 39.4. The molecule has 1 aromatic carbocycles. The van der Waals surface area contributed by atoms with E-state index in [1.54, 1.807) is 12.1 Å². The summed E-state index contributed by atoms with van der Waals surface area (Å²) >= 11 is 0. The number of benzene rings is 1. The number of ether oxygens (including phenoxy) is 1. The summed E-state index contributed by atoms with van der Waals surface area (Å²) in [6.07, 6.45) is 40.9. The lowest BCUT2D eigenvalue weighted by Gasteiger charge is -2.48. The van der Waals surface area contributed by atoms with Crippen molar-refractivity contribution in [2.24, 2.45) is 0 Å². The summed E-state index contributed by atoms with van der Waals surface area (Å²) in [6, 6.07) is 6.16. The van der Waals surface area contributed by atoms with Crippen molar-refractivity contribution in [3.8, 4) is 0 Å². The Morgan fingerprint density at radius 1 is 0.607 bits per heavy atom. The van der Waals surface area contributed by atoms with Gasteiger partial charge in [0.1, 0.15) is 17.1 Å². The molecule has 61 heavy (non-hydrogen) atoms. The first-order valence-corrected chi connectivity index (χ1v) is 25.9. The van der Waals surface area contributed by atoms with Crippen LogP contribution in [0.25, 0.3) is 5.76 Å². The molecule has 2 aliphatic rings. The quantitative estimate of drug-likeness (QED) is 0.0416. The number of nitrogens with zero attached hydrogens (tertiary/aromatic N) is 2. The van der Waals surface area contributed by atoms with E-state index in [9.17, 15) is 18.8 Å². The molecule has 7 nitrogen and oxygen atoms in total.